The van der Waals surface area contributed by atoms with Crippen LogP contribution in [0.1, 0.15) is 5.56 Å². The van der Waals surface area contributed by atoms with Crippen molar-refractivity contribution in [1.82, 2.24) is 9.97 Å². The van der Waals surface area contributed by atoms with Gasteiger partial charge in [-0.05, 0) is 48.9 Å². The van der Waals surface area contributed by atoms with Crippen LogP contribution in [0.15, 0.2) is 108 Å². The number of para-hydroxylation sites is 3. The Hall–Kier alpha value is -3.76. The molecule has 0 unspecified atom stereocenters. The lowest BCUT2D eigenvalue weighted by Crippen LogP contribution is -1.80. The Morgan fingerprint density at radius 1 is 0.645 bits per heavy atom. The molecular formula is C27H20N2OS. The van der Waals surface area contributed by atoms with Gasteiger partial charge < -0.3 is 4.42 Å². The van der Waals surface area contributed by atoms with E-state index in [1.54, 1.807) is 11.3 Å². The first kappa shape index (κ1) is 19.2. The normalized spacial score (nSPS) is 10.7. The zero-order valence-electron chi connectivity index (χ0n) is 17.0. The van der Waals surface area contributed by atoms with Crippen molar-refractivity contribution < 1.29 is 4.42 Å². The van der Waals surface area contributed by atoms with E-state index in [1.165, 1.54) is 15.8 Å². The highest BCUT2D eigenvalue weighted by Crippen LogP contribution is 2.31. The van der Waals surface area contributed by atoms with Crippen LogP contribution in [0.2, 0.25) is 0 Å². The number of nitrogens with zero attached hydrogens (tertiary/aromatic N) is 2. The first-order valence-electron chi connectivity index (χ1n) is 10.1. The van der Waals surface area contributed by atoms with Crippen LogP contribution < -0.4 is 0 Å². The Kier molecular flexibility index (Phi) is 5.29. The molecule has 31 heavy (non-hydrogen) atoms. The van der Waals surface area contributed by atoms with Gasteiger partial charge in [-0.2, -0.15) is 0 Å². The molecule has 0 aliphatic rings. The van der Waals surface area contributed by atoms with Crippen molar-refractivity contribution in [3.8, 4) is 22.0 Å². The monoisotopic (exact) mass is 420 g/mol. The molecule has 0 spiro atoms. The number of aromatic nitrogens is 2. The lowest BCUT2D eigenvalue weighted by atomic mass is 10.1. The first-order chi connectivity index (χ1) is 15.3. The smallest absolute Gasteiger partial charge is 0.227 e. The van der Waals surface area contributed by atoms with Crippen molar-refractivity contribution in [2.45, 2.75) is 6.92 Å². The van der Waals surface area contributed by atoms with Crippen molar-refractivity contribution in [2.24, 2.45) is 0 Å². The van der Waals surface area contributed by atoms with Gasteiger partial charge in [0.25, 0.3) is 0 Å². The van der Waals surface area contributed by atoms with E-state index in [2.05, 4.69) is 59.4 Å². The molecule has 0 radical (unpaired) electrons. The highest BCUT2D eigenvalue weighted by molar-refractivity contribution is 7.21. The number of hydrogen-bond donors (Lipinski definition) is 0. The number of benzene rings is 4. The zero-order valence-corrected chi connectivity index (χ0v) is 17.8. The predicted octanol–water partition coefficient (Wildman–Crippen LogP) is 7.77. The van der Waals surface area contributed by atoms with Crippen LogP contribution in [-0.4, -0.2) is 9.97 Å². The number of rotatable bonds is 2. The van der Waals surface area contributed by atoms with Gasteiger partial charge in [0, 0.05) is 11.1 Å². The molecule has 0 saturated carbocycles. The van der Waals surface area contributed by atoms with Crippen molar-refractivity contribution in [2.75, 3.05) is 0 Å². The summed E-state index contributed by atoms with van der Waals surface area (Å²) in [6.07, 6.45) is 0. The molecule has 4 aromatic carbocycles. The van der Waals surface area contributed by atoms with Crippen molar-refractivity contribution in [3.63, 3.8) is 0 Å². The highest BCUT2D eigenvalue weighted by atomic mass is 32.1. The fraction of sp³-hybridized carbons (Fsp3) is 0.0370. The topological polar surface area (TPSA) is 38.9 Å². The maximum absolute atomic E-state index is 5.64. The molecule has 4 heteroatoms. The maximum atomic E-state index is 5.64. The average Bonchev–Trinajstić information content (AvgIpc) is 3.45. The van der Waals surface area contributed by atoms with Crippen LogP contribution in [0.25, 0.3) is 43.3 Å². The van der Waals surface area contributed by atoms with Crippen molar-refractivity contribution in [1.29, 1.82) is 0 Å². The van der Waals surface area contributed by atoms with E-state index in [4.69, 9.17) is 4.42 Å². The van der Waals surface area contributed by atoms with Crippen LogP contribution in [-0.2, 0) is 0 Å². The second-order valence-electron chi connectivity index (χ2n) is 7.15. The van der Waals surface area contributed by atoms with Gasteiger partial charge >= 0.3 is 0 Å². The second-order valence-corrected chi connectivity index (χ2v) is 8.19. The molecule has 0 amide bonds. The average molecular weight is 421 g/mol. The summed E-state index contributed by atoms with van der Waals surface area (Å²) in [4.78, 5) is 9.08. The minimum Gasteiger partial charge on any atom is -0.436 e. The summed E-state index contributed by atoms with van der Waals surface area (Å²) in [5.41, 5.74) is 6.34. The second kappa shape index (κ2) is 8.54. The minimum absolute atomic E-state index is 0.678. The summed E-state index contributed by atoms with van der Waals surface area (Å²) < 4.78 is 6.89. The number of thiazole rings is 1. The molecule has 0 N–H and O–H groups in total. The molecule has 2 heterocycles. The zero-order chi connectivity index (χ0) is 21.0. The van der Waals surface area contributed by atoms with Gasteiger partial charge in [-0.1, -0.05) is 66.7 Å². The van der Waals surface area contributed by atoms with Crippen LogP contribution in [0.3, 0.4) is 0 Å². The molecule has 0 bridgehead atoms. The number of aryl methyl sites for hydroxylation is 1. The fourth-order valence-corrected chi connectivity index (χ4v) is 4.43. The summed E-state index contributed by atoms with van der Waals surface area (Å²) in [6, 6.07) is 34.3. The number of fused-ring (bicyclic) bond motifs is 2. The molecular weight excluding hydrogens is 400 g/mol. The van der Waals surface area contributed by atoms with E-state index in [1.807, 2.05) is 60.7 Å². The lowest BCUT2D eigenvalue weighted by Gasteiger charge is -1.99. The van der Waals surface area contributed by atoms with Gasteiger partial charge in [-0.25, -0.2) is 9.97 Å². The summed E-state index contributed by atoms with van der Waals surface area (Å²) in [5.74, 6) is 0.678. The molecule has 0 aliphatic heterocycles. The number of oxazole rings is 1. The summed E-state index contributed by atoms with van der Waals surface area (Å²) in [5, 5.41) is 1.11. The summed E-state index contributed by atoms with van der Waals surface area (Å²) >= 11 is 1.75. The van der Waals surface area contributed by atoms with E-state index in [0.29, 0.717) is 5.89 Å². The van der Waals surface area contributed by atoms with Crippen LogP contribution in [0, 0.1) is 6.92 Å². The van der Waals surface area contributed by atoms with Gasteiger partial charge in [0.15, 0.2) is 5.58 Å². The Balaban J connectivity index is 0.000000132. The summed E-state index contributed by atoms with van der Waals surface area (Å²) in [7, 11) is 0. The Bertz CT molecular complexity index is 1380. The van der Waals surface area contributed by atoms with Gasteiger partial charge in [0.1, 0.15) is 10.5 Å². The third-order valence-electron chi connectivity index (χ3n) is 4.98. The summed E-state index contributed by atoms with van der Waals surface area (Å²) in [6.45, 7) is 2.13. The fourth-order valence-electron chi connectivity index (χ4n) is 3.38. The van der Waals surface area contributed by atoms with E-state index in [0.717, 1.165) is 27.2 Å². The van der Waals surface area contributed by atoms with Gasteiger partial charge in [-0.3, -0.25) is 0 Å². The molecule has 6 aromatic rings. The third-order valence-corrected chi connectivity index (χ3v) is 6.05. The Morgan fingerprint density at radius 3 is 2.10 bits per heavy atom. The molecule has 2 aromatic heterocycles. The minimum atomic E-state index is 0.678. The molecule has 6 rings (SSSR count). The molecule has 0 fully saturated rings. The van der Waals surface area contributed by atoms with Crippen molar-refractivity contribution >= 4 is 32.7 Å². The van der Waals surface area contributed by atoms with Gasteiger partial charge in [0.05, 0.1) is 10.2 Å². The lowest BCUT2D eigenvalue weighted by molar-refractivity contribution is 0.620. The van der Waals surface area contributed by atoms with Gasteiger partial charge in [-0.15, -0.1) is 11.3 Å². The molecule has 0 saturated heterocycles. The Labute approximate surface area is 184 Å². The Morgan fingerprint density at radius 2 is 1.32 bits per heavy atom. The predicted molar refractivity (Wildman–Crippen MR) is 129 cm³/mol. The van der Waals surface area contributed by atoms with Gasteiger partial charge in [0.2, 0.25) is 5.89 Å². The molecule has 0 aliphatic carbocycles. The maximum Gasteiger partial charge on any atom is 0.227 e. The molecule has 0 atom stereocenters. The molecule has 3 nitrogen and oxygen atoms in total. The van der Waals surface area contributed by atoms with Crippen LogP contribution in [0.4, 0.5) is 0 Å². The first-order valence-corrected chi connectivity index (χ1v) is 10.9. The standard InChI is InChI=1S/C14H11NS.C13H9NO/c1-10-6-2-3-7-11(10)14-15-12-8-4-5-9-13(12)16-14;1-2-6-10(7-3-1)13-14-11-8-4-5-9-12(11)15-13/h2-9H,1H3;1-9H. The van der Waals surface area contributed by atoms with E-state index >= 15 is 0 Å². The molecule has 150 valence electrons. The van der Waals surface area contributed by atoms with Crippen LogP contribution >= 0.6 is 11.3 Å². The van der Waals surface area contributed by atoms with E-state index in [-0.39, 0.29) is 0 Å². The third kappa shape index (κ3) is 4.11. The largest absolute Gasteiger partial charge is 0.436 e. The van der Waals surface area contributed by atoms with E-state index in [9.17, 15) is 0 Å². The van der Waals surface area contributed by atoms with E-state index < -0.39 is 0 Å². The number of hydrogen-bond acceptors (Lipinski definition) is 4. The SMILES string of the molecule is Cc1ccccc1-c1nc2ccccc2s1.c1ccc(-c2nc3ccccc3o2)cc1. The highest BCUT2D eigenvalue weighted by Gasteiger charge is 2.07. The van der Waals surface area contributed by atoms with Crippen molar-refractivity contribution in [3.05, 3.63) is 109 Å². The van der Waals surface area contributed by atoms with Crippen LogP contribution in [0.5, 0.6) is 0 Å². The quantitative estimate of drug-likeness (QED) is 0.287.